The van der Waals surface area contributed by atoms with Gasteiger partial charge in [-0.25, -0.2) is 4.98 Å². The van der Waals surface area contributed by atoms with Crippen LogP contribution in [0.1, 0.15) is 5.56 Å². The van der Waals surface area contributed by atoms with Crippen molar-refractivity contribution in [3.63, 3.8) is 0 Å². The van der Waals surface area contributed by atoms with Crippen molar-refractivity contribution in [1.82, 2.24) is 9.97 Å². The van der Waals surface area contributed by atoms with E-state index in [1.165, 1.54) is 6.33 Å². The van der Waals surface area contributed by atoms with E-state index in [4.69, 9.17) is 11.1 Å². The number of halogens is 1. The Morgan fingerprint density at radius 1 is 1.42 bits per heavy atom. The van der Waals surface area contributed by atoms with Crippen LogP contribution in [-0.4, -0.2) is 22.9 Å². The first-order valence-corrected chi connectivity index (χ1v) is 6.50. The van der Waals surface area contributed by atoms with Crippen molar-refractivity contribution < 1.29 is 0 Å². The molecule has 0 amide bonds. The van der Waals surface area contributed by atoms with Gasteiger partial charge in [0.05, 0.1) is 6.33 Å². The average Bonchev–Trinajstić information content (AvgIpc) is 2.41. The number of anilines is 2. The highest BCUT2D eigenvalue weighted by Gasteiger charge is 2.12. The summed E-state index contributed by atoms with van der Waals surface area (Å²) in [5.74, 6) is 0.609. The maximum atomic E-state index is 11.5. The standard InChI is InChI=1S/C12H12IN5O/c1-18(11-9(13)12(19)17-6-16-11)8-4-2-7(3-5-8)10(14)15/h2-6H,1H3,(H3,14,15)(H,16,17,19). The van der Waals surface area contributed by atoms with E-state index in [-0.39, 0.29) is 11.4 Å². The van der Waals surface area contributed by atoms with Gasteiger partial charge in [0.25, 0.3) is 5.56 Å². The van der Waals surface area contributed by atoms with E-state index < -0.39 is 0 Å². The summed E-state index contributed by atoms with van der Waals surface area (Å²) in [6.45, 7) is 0. The Balaban J connectivity index is 2.38. The number of hydrogen-bond acceptors (Lipinski definition) is 4. The molecule has 0 saturated carbocycles. The molecule has 4 N–H and O–H groups in total. The van der Waals surface area contributed by atoms with Crippen LogP contribution in [0.15, 0.2) is 35.4 Å². The van der Waals surface area contributed by atoms with Gasteiger partial charge in [0.1, 0.15) is 9.41 Å². The van der Waals surface area contributed by atoms with E-state index in [0.717, 1.165) is 5.69 Å². The molecule has 2 rings (SSSR count). The Morgan fingerprint density at radius 2 is 2.05 bits per heavy atom. The third-order valence-corrected chi connectivity index (χ3v) is 3.63. The molecule has 2 aromatic rings. The zero-order valence-corrected chi connectivity index (χ0v) is 12.3. The normalized spacial score (nSPS) is 10.2. The second-order valence-corrected chi connectivity index (χ2v) is 4.97. The molecule has 7 heteroatoms. The van der Waals surface area contributed by atoms with Crippen molar-refractivity contribution in [2.24, 2.45) is 5.73 Å². The minimum absolute atomic E-state index is 0.0260. The SMILES string of the molecule is CN(c1ccc(C(=N)N)cc1)c1nc[nH]c(=O)c1I. The molecule has 0 aliphatic carbocycles. The Morgan fingerprint density at radius 3 is 2.63 bits per heavy atom. The van der Waals surface area contributed by atoms with Crippen LogP contribution in [0.4, 0.5) is 11.5 Å². The molecule has 0 aliphatic rings. The van der Waals surface area contributed by atoms with Crippen LogP contribution in [0.3, 0.4) is 0 Å². The van der Waals surface area contributed by atoms with Gasteiger partial charge in [0, 0.05) is 18.3 Å². The van der Waals surface area contributed by atoms with Gasteiger partial charge in [0.15, 0.2) is 5.82 Å². The minimum Gasteiger partial charge on any atom is -0.384 e. The third-order valence-electron chi connectivity index (χ3n) is 2.66. The van der Waals surface area contributed by atoms with Gasteiger partial charge < -0.3 is 15.6 Å². The number of aromatic amines is 1. The molecule has 19 heavy (non-hydrogen) atoms. The van der Waals surface area contributed by atoms with Gasteiger partial charge >= 0.3 is 0 Å². The smallest absolute Gasteiger partial charge is 0.266 e. The molecule has 0 fully saturated rings. The van der Waals surface area contributed by atoms with E-state index in [0.29, 0.717) is 15.0 Å². The Hall–Kier alpha value is -1.90. The fourth-order valence-corrected chi connectivity index (χ4v) is 2.25. The van der Waals surface area contributed by atoms with Crippen molar-refractivity contribution in [3.8, 4) is 0 Å². The summed E-state index contributed by atoms with van der Waals surface area (Å²) >= 11 is 1.96. The van der Waals surface area contributed by atoms with Gasteiger partial charge in [-0.3, -0.25) is 10.2 Å². The minimum atomic E-state index is -0.169. The topological polar surface area (TPSA) is 98.9 Å². The Bertz CT molecular complexity index is 665. The third kappa shape index (κ3) is 2.75. The monoisotopic (exact) mass is 369 g/mol. The number of benzene rings is 1. The van der Waals surface area contributed by atoms with E-state index in [1.807, 2.05) is 41.8 Å². The highest BCUT2D eigenvalue weighted by molar-refractivity contribution is 14.1. The molecule has 0 saturated heterocycles. The molecule has 98 valence electrons. The van der Waals surface area contributed by atoms with E-state index in [9.17, 15) is 4.79 Å². The molecular formula is C12H12IN5O. The average molecular weight is 369 g/mol. The number of hydrogen-bond donors (Lipinski definition) is 3. The van der Waals surface area contributed by atoms with Crippen molar-refractivity contribution >= 4 is 39.9 Å². The molecule has 6 nitrogen and oxygen atoms in total. The lowest BCUT2D eigenvalue weighted by Crippen LogP contribution is -2.20. The fourth-order valence-electron chi connectivity index (χ4n) is 1.59. The summed E-state index contributed by atoms with van der Waals surface area (Å²) in [6.07, 6.45) is 1.38. The van der Waals surface area contributed by atoms with Crippen LogP contribution in [0, 0.1) is 8.98 Å². The lowest BCUT2D eigenvalue weighted by molar-refractivity contribution is 1.04. The van der Waals surface area contributed by atoms with Crippen LogP contribution >= 0.6 is 22.6 Å². The maximum absolute atomic E-state index is 11.5. The van der Waals surface area contributed by atoms with Gasteiger partial charge in [-0.1, -0.05) is 0 Å². The number of aromatic nitrogens is 2. The van der Waals surface area contributed by atoms with Crippen molar-refractivity contribution in [3.05, 3.63) is 50.1 Å². The number of amidine groups is 1. The molecule has 0 aliphatic heterocycles. The molecular weight excluding hydrogens is 357 g/mol. The van der Waals surface area contributed by atoms with Crippen LogP contribution in [0.5, 0.6) is 0 Å². The molecule has 0 atom stereocenters. The fraction of sp³-hybridized carbons (Fsp3) is 0.0833. The van der Waals surface area contributed by atoms with Crippen LogP contribution in [0.25, 0.3) is 0 Å². The maximum Gasteiger partial charge on any atom is 0.266 e. The Kier molecular flexibility index (Phi) is 3.84. The zero-order chi connectivity index (χ0) is 14.0. The number of nitrogens with two attached hydrogens (primary N) is 1. The van der Waals surface area contributed by atoms with Gasteiger partial charge in [-0.2, -0.15) is 0 Å². The molecule has 1 aromatic heterocycles. The van der Waals surface area contributed by atoms with Gasteiger partial charge in [0.2, 0.25) is 0 Å². The van der Waals surface area contributed by atoms with E-state index in [2.05, 4.69) is 9.97 Å². The number of nitrogens with zero attached hydrogens (tertiary/aromatic N) is 2. The van der Waals surface area contributed by atoms with Crippen LogP contribution < -0.4 is 16.2 Å². The zero-order valence-electron chi connectivity index (χ0n) is 10.1. The van der Waals surface area contributed by atoms with Crippen LogP contribution in [-0.2, 0) is 0 Å². The van der Waals surface area contributed by atoms with Crippen molar-refractivity contribution in [2.75, 3.05) is 11.9 Å². The summed E-state index contributed by atoms with van der Waals surface area (Å²) in [7, 11) is 1.83. The van der Waals surface area contributed by atoms with E-state index >= 15 is 0 Å². The number of nitrogen functional groups attached to an aromatic ring is 1. The lowest BCUT2D eigenvalue weighted by Gasteiger charge is -2.19. The van der Waals surface area contributed by atoms with E-state index in [1.54, 1.807) is 17.0 Å². The molecule has 0 bridgehead atoms. The second-order valence-electron chi connectivity index (χ2n) is 3.89. The lowest BCUT2D eigenvalue weighted by atomic mass is 10.2. The first-order valence-electron chi connectivity index (χ1n) is 5.42. The largest absolute Gasteiger partial charge is 0.384 e. The number of H-pyrrole nitrogens is 1. The highest BCUT2D eigenvalue weighted by Crippen LogP contribution is 2.23. The summed E-state index contributed by atoms with van der Waals surface area (Å²) in [6, 6.07) is 7.17. The first kappa shape index (κ1) is 13.5. The van der Waals surface area contributed by atoms with Gasteiger partial charge in [-0.05, 0) is 46.9 Å². The molecule has 1 aromatic carbocycles. The number of nitrogens with one attached hydrogen (secondary N) is 2. The predicted octanol–water partition coefficient (Wildman–Crippen LogP) is 1.43. The summed E-state index contributed by atoms with van der Waals surface area (Å²) in [4.78, 5) is 20.0. The molecule has 0 spiro atoms. The molecule has 1 heterocycles. The molecule has 0 unspecified atom stereocenters. The summed E-state index contributed by atoms with van der Waals surface area (Å²) in [5.41, 5.74) is 6.76. The van der Waals surface area contributed by atoms with Gasteiger partial charge in [-0.15, -0.1) is 0 Å². The highest BCUT2D eigenvalue weighted by atomic mass is 127. The summed E-state index contributed by atoms with van der Waals surface area (Å²) in [5, 5.41) is 7.34. The second kappa shape index (κ2) is 5.39. The summed E-state index contributed by atoms with van der Waals surface area (Å²) < 4.78 is 0.526. The number of rotatable bonds is 3. The first-order chi connectivity index (χ1) is 9.00. The van der Waals surface area contributed by atoms with Crippen LogP contribution in [0.2, 0.25) is 0 Å². The van der Waals surface area contributed by atoms with Crippen molar-refractivity contribution in [2.45, 2.75) is 0 Å². The Labute approximate surface area is 123 Å². The molecule has 0 radical (unpaired) electrons. The van der Waals surface area contributed by atoms with Crippen molar-refractivity contribution in [1.29, 1.82) is 5.41 Å². The quantitative estimate of drug-likeness (QED) is 0.433. The predicted molar refractivity (Wildman–Crippen MR) is 83.1 cm³/mol.